The summed E-state index contributed by atoms with van der Waals surface area (Å²) in [5.41, 5.74) is 1.85. The second-order valence-corrected chi connectivity index (χ2v) is 9.17. The number of hydrogen-bond donors (Lipinski definition) is 1. The maximum Gasteiger partial charge on any atom is 0.270 e. The molecule has 0 radical (unpaired) electrons. The van der Waals surface area contributed by atoms with E-state index in [0.717, 1.165) is 31.5 Å². The lowest BCUT2D eigenvalue weighted by molar-refractivity contribution is 0.163. The van der Waals surface area contributed by atoms with Crippen LogP contribution in [0.3, 0.4) is 0 Å². The van der Waals surface area contributed by atoms with Crippen molar-refractivity contribution in [3.05, 3.63) is 62.6 Å². The van der Waals surface area contributed by atoms with Crippen molar-refractivity contribution in [1.82, 2.24) is 24.3 Å². The van der Waals surface area contributed by atoms with Crippen molar-refractivity contribution < 1.29 is 13.9 Å². The van der Waals surface area contributed by atoms with Gasteiger partial charge >= 0.3 is 0 Å². The summed E-state index contributed by atoms with van der Waals surface area (Å²) in [5, 5.41) is 3.53. The van der Waals surface area contributed by atoms with Crippen molar-refractivity contribution in [1.29, 1.82) is 0 Å². The van der Waals surface area contributed by atoms with Crippen LogP contribution < -0.4 is 25.9 Å². The van der Waals surface area contributed by atoms with E-state index < -0.39 is 0 Å². The largest absolute Gasteiger partial charge is 0.486 e. The maximum atomic E-state index is 14.3. The molecule has 3 aliphatic rings. The van der Waals surface area contributed by atoms with Crippen LogP contribution in [0.25, 0.3) is 11.2 Å². The molecule has 0 unspecified atom stereocenters. The number of halogens is 1. The van der Waals surface area contributed by atoms with Crippen molar-refractivity contribution >= 4 is 11.2 Å². The standard InChI is InChI=1S/C24H26FN5O4/c25-18-9-15(10-20-23(18)34-8-7-33-20)11-26-16-3-5-28(6-4-16)13-17-14-29-21(31)2-1-19-24(29)30(17)22(32)12-27-19/h1-2,9-10,12,16-17,26H,3-8,11,13-14H2/t17-/m1/s1. The zero-order valence-corrected chi connectivity index (χ0v) is 18.7. The maximum absolute atomic E-state index is 14.3. The third kappa shape index (κ3) is 3.76. The van der Waals surface area contributed by atoms with Gasteiger partial charge in [0.15, 0.2) is 17.3 Å². The summed E-state index contributed by atoms with van der Waals surface area (Å²) in [7, 11) is 0. The predicted octanol–water partition coefficient (Wildman–Crippen LogP) is 1.28. The van der Waals surface area contributed by atoms with E-state index in [4.69, 9.17) is 9.47 Å². The molecule has 0 spiro atoms. The Morgan fingerprint density at radius 1 is 1.09 bits per heavy atom. The van der Waals surface area contributed by atoms with Crippen LogP contribution in [0, 0.1) is 5.82 Å². The van der Waals surface area contributed by atoms with Gasteiger partial charge in [0.1, 0.15) is 24.4 Å². The number of likely N-dealkylation sites (tertiary alicyclic amines) is 1. The van der Waals surface area contributed by atoms with Crippen molar-refractivity contribution in [3.63, 3.8) is 0 Å². The number of benzene rings is 1. The Balaban J connectivity index is 1.07. The minimum absolute atomic E-state index is 0.0849. The van der Waals surface area contributed by atoms with Gasteiger partial charge in [-0.2, -0.15) is 0 Å². The first kappa shape index (κ1) is 21.3. The quantitative estimate of drug-likeness (QED) is 0.605. The number of rotatable bonds is 5. The van der Waals surface area contributed by atoms with Crippen LogP contribution in [0.5, 0.6) is 11.5 Å². The van der Waals surface area contributed by atoms with Crippen LogP contribution in [0.4, 0.5) is 4.39 Å². The first-order valence-corrected chi connectivity index (χ1v) is 11.7. The van der Waals surface area contributed by atoms with Gasteiger partial charge in [-0.3, -0.25) is 18.7 Å². The van der Waals surface area contributed by atoms with Gasteiger partial charge in [-0.1, -0.05) is 0 Å². The second-order valence-electron chi connectivity index (χ2n) is 9.17. The van der Waals surface area contributed by atoms with Gasteiger partial charge < -0.3 is 19.7 Å². The summed E-state index contributed by atoms with van der Waals surface area (Å²) in [6.45, 7) is 4.33. The van der Waals surface area contributed by atoms with Gasteiger partial charge in [0.05, 0.1) is 12.2 Å². The molecule has 5 heterocycles. The average Bonchev–Trinajstić information content (AvgIpc) is 3.24. The molecule has 1 N–H and O–H groups in total. The first-order chi connectivity index (χ1) is 16.6. The molecule has 178 valence electrons. The fourth-order valence-corrected chi connectivity index (χ4v) is 5.31. The summed E-state index contributed by atoms with van der Waals surface area (Å²) >= 11 is 0. The normalized spacial score (nSPS) is 20.2. The molecule has 34 heavy (non-hydrogen) atoms. The minimum atomic E-state index is -0.388. The highest BCUT2D eigenvalue weighted by molar-refractivity contribution is 5.71. The van der Waals surface area contributed by atoms with Gasteiger partial charge in [-0.05, 0) is 49.7 Å². The number of nitrogens with one attached hydrogen (secondary N) is 1. The lowest BCUT2D eigenvalue weighted by Crippen LogP contribution is -2.44. The molecule has 10 heteroatoms. The van der Waals surface area contributed by atoms with Crippen molar-refractivity contribution in [3.8, 4) is 11.5 Å². The summed E-state index contributed by atoms with van der Waals surface area (Å²) < 4.78 is 28.6. The number of hydrogen-bond acceptors (Lipinski definition) is 7. The number of aromatic nitrogens is 3. The molecule has 1 fully saturated rings. The molecule has 6 rings (SSSR count). The van der Waals surface area contributed by atoms with E-state index in [1.807, 2.05) is 6.07 Å². The number of ether oxygens (including phenoxy) is 2. The summed E-state index contributed by atoms with van der Waals surface area (Å²) in [6, 6.07) is 6.77. The lowest BCUT2D eigenvalue weighted by atomic mass is 10.0. The van der Waals surface area contributed by atoms with E-state index in [1.54, 1.807) is 15.2 Å². The molecule has 0 amide bonds. The fourth-order valence-electron chi connectivity index (χ4n) is 5.31. The summed E-state index contributed by atoms with van der Waals surface area (Å²) in [6.07, 6.45) is 3.24. The summed E-state index contributed by atoms with van der Waals surface area (Å²) in [5.74, 6) is 0.279. The molecule has 9 nitrogen and oxygen atoms in total. The minimum Gasteiger partial charge on any atom is -0.486 e. The Hall–Kier alpha value is -3.24. The number of piperidine rings is 1. The average molecular weight is 468 g/mol. The smallest absolute Gasteiger partial charge is 0.270 e. The topological polar surface area (TPSA) is 90.6 Å². The monoisotopic (exact) mass is 467 g/mol. The molecule has 1 aromatic carbocycles. The zero-order valence-electron chi connectivity index (χ0n) is 18.7. The second kappa shape index (κ2) is 8.52. The highest BCUT2D eigenvalue weighted by Gasteiger charge is 2.29. The predicted molar refractivity (Wildman–Crippen MR) is 123 cm³/mol. The Morgan fingerprint density at radius 2 is 1.91 bits per heavy atom. The van der Waals surface area contributed by atoms with Crippen LogP contribution in [0.1, 0.15) is 24.4 Å². The molecule has 1 saturated heterocycles. The highest BCUT2D eigenvalue weighted by Crippen LogP contribution is 2.34. The Labute approximate surface area is 194 Å². The molecule has 0 saturated carbocycles. The van der Waals surface area contributed by atoms with Gasteiger partial charge in [0, 0.05) is 31.7 Å². The molecule has 0 bridgehead atoms. The van der Waals surface area contributed by atoms with Crippen LogP contribution in [0.2, 0.25) is 0 Å². The molecule has 1 atom stereocenters. The van der Waals surface area contributed by atoms with E-state index in [0.29, 0.717) is 55.8 Å². The molecule has 3 aromatic rings. The number of nitrogens with zero attached hydrogens (tertiary/aromatic N) is 4. The Kier molecular flexibility index (Phi) is 5.34. The Bertz CT molecular complexity index is 1360. The van der Waals surface area contributed by atoms with Gasteiger partial charge in [0.25, 0.3) is 11.1 Å². The van der Waals surface area contributed by atoms with E-state index in [1.165, 1.54) is 18.3 Å². The molecular formula is C24H26FN5O4. The SMILES string of the molecule is O=c1ccc2ncc(=O)n3c2n1C[C@H]3CN1CCC(NCc2cc(F)c3c(c2)OCCO3)CC1. The van der Waals surface area contributed by atoms with Gasteiger partial charge in [-0.25, -0.2) is 9.37 Å². The molecule has 3 aliphatic heterocycles. The first-order valence-electron chi connectivity index (χ1n) is 11.7. The van der Waals surface area contributed by atoms with E-state index >= 15 is 0 Å². The van der Waals surface area contributed by atoms with E-state index in [2.05, 4.69) is 15.2 Å². The number of fused-ring (bicyclic) bond motifs is 1. The fraction of sp³-hybridized carbons (Fsp3) is 0.458. The van der Waals surface area contributed by atoms with Crippen LogP contribution in [-0.2, 0) is 13.1 Å². The van der Waals surface area contributed by atoms with Crippen LogP contribution in [-0.4, -0.2) is 57.9 Å². The van der Waals surface area contributed by atoms with Crippen molar-refractivity contribution in [2.45, 2.75) is 38.0 Å². The van der Waals surface area contributed by atoms with Crippen molar-refractivity contribution in [2.75, 3.05) is 32.8 Å². The van der Waals surface area contributed by atoms with Gasteiger partial charge in [0.2, 0.25) is 0 Å². The third-order valence-electron chi connectivity index (χ3n) is 6.98. The number of pyridine rings is 1. The Morgan fingerprint density at radius 3 is 2.76 bits per heavy atom. The molecular weight excluding hydrogens is 441 g/mol. The lowest BCUT2D eigenvalue weighted by Gasteiger charge is -2.34. The van der Waals surface area contributed by atoms with Crippen LogP contribution >= 0.6 is 0 Å². The summed E-state index contributed by atoms with van der Waals surface area (Å²) in [4.78, 5) is 31.4. The molecule has 2 aromatic heterocycles. The van der Waals surface area contributed by atoms with Crippen molar-refractivity contribution in [2.24, 2.45) is 0 Å². The molecule has 0 aliphatic carbocycles. The van der Waals surface area contributed by atoms with E-state index in [9.17, 15) is 14.0 Å². The zero-order chi connectivity index (χ0) is 23.2. The van der Waals surface area contributed by atoms with Crippen LogP contribution in [0.15, 0.2) is 40.1 Å². The van der Waals surface area contributed by atoms with E-state index in [-0.39, 0.29) is 28.7 Å². The van der Waals surface area contributed by atoms with Gasteiger partial charge in [-0.15, -0.1) is 0 Å². The third-order valence-corrected chi connectivity index (χ3v) is 6.98. The highest BCUT2D eigenvalue weighted by atomic mass is 19.1.